The zero-order valence-corrected chi connectivity index (χ0v) is 9.68. The van der Waals surface area contributed by atoms with Gasteiger partial charge in [0.2, 0.25) is 0 Å². The number of benzene rings is 1. The van der Waals surface area contributed by atoms with Gasteiger partial charge in [-0.15, -0.1) is 12.4 Å². The van der Waals surface area contributed by atoms with Crippen LogP contribution in [0.5, 0.6) is 0 Å². The van der Waals surface area contributed by atoms with E-state index in [9.17, 15) is 8.78 Å². The number of halogens is 3. The van der Waals surface area contributed by atoms with E-state index in [1.165, 1.54) is 0 Å². The first kappa shape index (κ1) is 13.9. The van der Waals surface area contributed by atoms with E-state index in [1.807, 2.05) is 6.07 Å². The Labute approximate surface area is 103 Å². The van der Waals surface area contributed by atoms with Crippen LogP contribution < -0.4 is 5.73 Å². The maximum Gasteiger partial charge on any atom is 0.289 e. The standard InChI is InChI=1S/C11H12F2N2O.ClH/c12-11(13,6-16)10(14)8-2-1-7-3-4-15-9(7)5-8;/h1-5,10,15-16H,6,14H2;1H/t10-;/m1./s1. The fraction of sp³-hybridized carbons (Fsp3) is 0.273. The molecule has 0 bridgehead atoms. The van der Waals surface area contributed by atoms with Crippen LogP contribution in [0.15, 0.2) is 30.5 Å². The zero-order valence-electron chi connectivity index (χ0n) is 8.86. The fourth-order valence-corrected chi connectivity index (χ4v) is 1.60. The van der Waals surface area contributed by atoms with Crippen LogP contribution in [0.4, 0.5) is 8.78 Å². The monoisotopic (exact) mass is 262 g/mol. The lowest BCUT2D eigenvalue weighted by Gasteiger charge is -2.21. The number of aliphatic hydroxyl groups excluding tert-OH is 1. The van der Waals surface area contributed by atoms with Gasteiger partial charge in [0, 0.05) is 11.7 Å². The van der Waals surface area contributed by atoms with Crippen molar-refractivity contribution in [3.8, 4) is 0 Å². The molecule has 2 aromatic rings. The molecule has 0 radical (unpaired) electrons. The number of rotatable bonds is 3. The number of H-pyrrole nitrogens is 1. The Morgan fingerprint density at radius 3 is 2.71 bits per heavy atom. The minimum absolute atomic E-state index is 0. The van der Waals surface area contributed by atoms with E-state index in [2.05, 4.69) is 4.98 Å². The van der Waals surface area contributed by atoms with E-state index in [0.717, 1.165) is 10.9 Å². The van der Waals surface area contributed by atoms with E-state index < -0.39 is 18.6 Å². The van der Waals surface area contributed by atoms with Crippen LogP contribution in [0.1, 0.15) is 11.6 Å². The first-order valence-corrected chi connectivity index (χ1v) is 4.86. The molecule has 0 amide bonds. The molecule has 1 aromatic carbocycles. The predicted molar refractivity (Wildman–Crippen MR) is 64.5 cm³/mol. The lowest BCUT2D eigenvalue weighted by atomic mass is 10.0. The normalized spacial score (nSPS) is 13.4. The van der Waals surface area contributed by atoms with Crippen LogP contribution in [-0.4, -0.2) is 22.6 Å². The van der Waals surface area contributed by atoms with Gasteiger partial charge in [0.1, 0.15) is 6.61 Å². The number of fused-ring (bicyclic) bond motifs is 1. The van der Waals surface area contributed by atoms with Gasteiger partial charge in [0.25, 0.3) is 5.92 Å². The molecule has 4 N–H and O–H groups in total. The highest BCUT2D eigenvalue weighted by molar-refractivity contribution is 5.85. The Bertz CT molecular complexity index is 501. The largest absolute Gasteiger partial charge is 0.390 e. The number of alkyl halides is 2. The Balaban J connectivity index is 0.00000144. The lowest BCUT2D eigenvalue weighted by Crippen LogP contribution is -2.36. The number of aromatic nitrogens is 1. The first-order valence-electron chi connectivity index (χ1n) is 4.86. The summed E-state index contributed by atoms with van der Waals surface area (Å²) >= 11 is 0. The Morgan fingerprint density at radius 1 is 1.35 bits per heavy atom. The van der Waals surface area contributed by atoms with Crippen LogP contribution in [0.25, 0.3) is 10.9 Å². The van der Waals surface area contributed by atoms with Gasteiger partial charge in [0.05, 0.1) is 6.04 Å². The van der Waals surface area contributed by atoms with Gasteiger partial charge >= 0.3 is 0 Å². The average molecular weight is 263 g/mol. The van der Waals surface area contributed by atoms with Crippen molar-refractivity contribution in [1.29, 1.82) is 0 Å². The summed E-state index contributed by atoms with van der Waals surface area (Å²) in [5.74, 6) is -3.31. The summed E-state index contributed by atoms with van der Waals surface area (Å²) in [6.07, 6.45) is 1.73. The van der Waals surface area contributed by atoms with Crippen molar-refractivity contribution in [2.75, 3.05) is 6.61 Å². The second kappa shape index (κ2) is 5.00. The van der Waals surface area contributed by atoms with Crippen molar-refractivity contribution in [3.05, 3.63) is 36.0 Å². The molecule has 0 fully saturated rings. The first-order chi connectivity index (χ1) is 7.54. The van der Waals surface area contributed by atoms with E-state index in [1.54, 1.807) is 24.4 Å². The Hall–Kier alpha value is -1.17. The highest BCUT2D eigenvalue weighted by Gasteiger charge is 2.37. The third-order valence-corrected chi connectivity index (χ3v) is 2.60. The molecule has 3 nitrogen and oxygen atoms in total. The highest BCUT2D eigenvalue weighted by atomic mass is 35.5. The van der Waals surface area contributed by atoms with Crippen molar-refractivity contribution < 1.29 is 13.9 Å². The molecule has 1 atom stereocenters. The van der Waals surface area contributed by atoms with E-state index in [4.69, 9.17) is 10.8 Å². The maximum absolute atomic E-state index is 13.2. The summed E-state index contributed by atoms with van der Waals surface area (Å²) in [6, 6.07) is 5.18. The summed E-state index contributed by atoms with van der Waals surface area (Å²) in [7, 11) is 0. The van der Waals surface area contributed by atoms with Crippen molar-refractivity contribution in [1.82, 2.24) is 4.98 Å². The second-order valence-electron chi connectivity index (χ2n) is 3.72. The highest BCUT2D eigenvalue weighted by Crippen LogP contribution is 2.30. The minimum Gasteiger partial charge on any atom is -0.390 e. The van der Waals surface area contributed by atoms with Gasteiger partial charge in [-0.25, -0.2) is 8.78 Å². The number of hydrogen-bond acceptors (Lipinski definition) is 2. The third kappa shape index (κ3) is 2.57. The molecule has 6 heteroatoms. The summed E-state index contributed by atoms with van der Waals surface area (Å²) in [5, 5.41) is 9.49. The molecule has 0 saturated heterocycles. The molecule has 0 aliphatic rings. The van der Waals surface area contributed by atoms with Gasteiger partial charge in [-0.2, -0.15) is 0 Å². The number of nitrogens with two attached hydrogens (primary N) is 1. The summed E-state index contributed by atoms with van der Waals surface area (Å²) in [6.45, 7) is -1.25. The van der Waals surface area contributed by atoms with E-state index in [-0.39, 0.29) is 12.4 Å². The zero-order chi connectivity index (χ0) is 11.8. The minimum atomic E-state index is -3.31. The maximum atomic E-state index is 13.2. The van der Waals surface area contributed by atoms with Crippen molar-refractivity contribution >= 4 is 23.3 Å². The fourth-order valence-electron chi connectivity index (χ4n) is 1.60. The summed E-state index contributed by atoms with van der Waals surface area (Å²) in [4.78, 5) is 2.92. The average Bonchev–Trinajstić information content (AvgIpc) is 2.74. The SMILES string of the molecule is Cl.N[C@H](c1ccc2cc[nH]c2c1)C(F)(F)CO. The molecule has 94 valence electrons. The molecule has 0 spiro atoms. The van der Waals surface area contributed by atoms with E-state index >= 15 is 0 Å². The van der Waals surface area contributed by atoms with Crippen LogP contribution in [0.2, 0.25) is 0 Å². The molecule has 1 aromatic heterocycles. The molecule has 1 heterocycles. The van der Waals surface area contributed by atoms with Gasteiger partial charge in [-0.3, -0.25) is 0 Å². The topological polar surface area (TPSA) is 62.0 Å². The second-order valence-corrected chi connectivity index (χ2v) is 3.72. The Kier molecular flexibility index (Phi) is 4.08. The molecular formula is C11H13ClF2N2O. The van der Waals surface area contributed by atoms with Crippen LogP contribution in [0.3, 0.4) is 0 Å². The van der Waals surface area contributed by atoms with Gasteiger partial charge < -0.3 is 15.8 Å². The summed E-state index contributed by atoms with van der Waals surface area (Å²) in [5.41, 5.74) is 6.47. The molecule has 0 saturated carbocycles. The Morgan fingerprint density at radius 2 is 2.06 bits per heavy atom. The summed E-state index contributed by atoms with van der Waals surface area (Å²) < 4.78 is 26.3. The molecule has 17 heavy (non-hydrogen) atoms. The van der Waals surface area contributed by atoms with Crippen LogP contribution in [0, 0.1) is 0 Å². The number of aromatic amines is 1. The van der Waals surface area contributed by atoms with Gasteiger partial charge in [-0.05, 0) is 23.1 Å². The van der Waals surface area contributed by atoms with Crippen molar-refractivity contribution in [2.24, 2.45) is 5.73 Å². The lowest BCUT2D eigenvalue weighted by molar-refractivity contribution is -0.0711. The van der Waals surface area contributed by atoms with Gasteiger partial charge in [-0.1, -0.05) is 12.1 Å². The molecule has 2 rings (SSSR count). The number of aliphatic hydroxyl groups is 1. The number of hydrogen-bond donors (Lipinski definition) is 3. The smallest absolute Gasteiger partial charge is 0.289 e. The molecule has 0 unspecified atom stereocenters. The molecule has 0 aliphatic heterocycles. The van der Waals surface area contributed by atoms with Crippen LogP contribution >= 0.6 is 12.4 Å². The quantitative estimate of drug-likeness (QED) is 0.794. The van der Waals surface area contributed by atoms with Crippen molar-refractivity contribution in [2.45, 2.75) is 12.0 Å². The molecule has 0 aliphatic carbocycles. The van der Waals surface area contributed by atoms with E-state index in [0.29, 0.717) is 5.56 Å². The third-order valence-electron chi connectivity index (χ3n) is 2.60. The van der Waals surface area contributed by atoms with Crippen LogP contribution in [-0.2, 0) is 0 Å². The number of nitrogens with one attached hydrogen (secondary N) is 1. The predicted octanol–water partition coefficient (Wildman–Crippen LogP) is 2.22. The molecular weight excluding hydrogens is 250 g/mol. The van der Waals surface area contributed by atoms with Crippen molar-refractivity contribution in [3.63, 3.8) is 0 Å². The van der Waals surface area contributed by atoms with Gasteiger partial charge in [0.15, 0.2) is 0 Å².